The second-order valence-corrected chi connectivity index (χ2v) is 11.2. The molecule has 1 aliphatic heterocycles. The molecule has 5 atom stereocenters. The van der Waals surface area contributed by atoms with Gasteiger partial charge in [-0.25, -0.2) is 0 Å². The van der Waals surface area contributed by atoms with Crippen LogP contribution in [-0.4, -0.2) is 18.7 Å². The van der Waals surface area contributed by atoms with Crippen LogP contribution < -0.4 is 4.74 Å². The van der Waals surface area contributed by atoms with Crippen LogP contribution >= 0.6 is 0 Å². The average molecular weight is 397 g/mol. The molecule has 5 rings (SSSR count). The fraction of sp³-hybridized carbons (Fsp3) is 0.731. The minimum atomic E-state index is -0.322. The number of esters is 1. The molecule has 3 heteroatoms. The number of aryl methyl sites for hydroxylation is 2. The van der Waals surface area contributed by atoms with E-state index in [1.165, 1.54) is 36.8 Å². The highest BCUT2D eigenvalue weighted by Gasteiger charge is 2.65. The standard InChI is InChI=1S/C26H36O3/c1-16-14-20-17(15-22(16)28-5)6-7-19-18(20)8-10-25(4)21(19)9-11-26(25)13-12-24(2,3)23(27)29-26/h14-15,18-19,21H,6-13H2,1-5H3/t18?,19?,21?,25?,26-/m1/s1. The van der Waals surface area contributed by atoms with Crippen LogP contribution in [0.4, 0.5) is 0 Å². The van der Waals surface area contributed by atoms with Gasteiger partial charge in [-0.2, -0.15) is 0 Å². The van der Waals surface area contributed by atoms with Crippen molar-refractivity contribution < 1.29 is 14.3 Å². The molecule has 3 aliphatic carbocycles. The lowest BCUT2D eigenvalue weighted by Gasteiger charge is -2.56. The quantitative estimate of drug-likeness (QED) is 0.549. The van der Waals surface area contributed by atoms with E-state index in [2.05, 4.69) is 26.0 Å². The zero-order valence-corrected chi connectivity index (χ0v) is 18.8. The Balaban J connectivity index is 1.47. The van der Waals surface area contributed by atoms with Gasteiger partial charge in [-0.15, -0.1) is 0 Å². The van der Waals surface area contributed by atoms with Crippen LogP contribution in [0.2, 0.25) is 0 Å². The Labute approximate surface area is 175 Å². The summed E-state index contributed by atoms with van der Waals surface area (Å²) in [5, 5.41) is 0. The van der Waals surface area contributed by atoms with E-state index in [4.69, 9.17) is 9.47 Å². The third-order valence-corrected chi connectivity index (χ3v) is 9.52. The van der Waals surface area contributed by atoms with Gasteiger partial charge < -0.3 is 9.47 Å². The molecule has 1 heterocycles. The second-order valence-electron chi connectivity index (χ2n) is 11.2. The van der Waals surface area contributed by atoms with Crippen LogP contribution in [0.15, 0.2) is 12.1 Å². The summed E-state index contributed by atoms with van der Waals surface area (Å²) in [6.07, 6.45) is 9.10. The molecule has 4 aliphatic rings. The molecule has 4 unspecified atom stereocenters. The van der Waals surface area contributed by atoms with Crippen LogP contribution in [0.1, 0.15) is 88.3 Å². The van der Waals surface area contributed by atoms with Crippen LogP contribution in [0.5, 0.6) is 5.75 Å². The maximum atomic E-state index is 12.8. The van der Waals surface area contributed by atoms with Gasteiger partial charge in [-0.3, -0.25) is 4.79 Å². The van der Waals surface area contributed by atoms with E-state index in [0.29, 0.717) is 11.8 Å². The van der Waals surface area contributed by atoms with Crippen molar-refractivity contribution in [3.63, 3.8) is 0 Å². The van der Waals surface area contributed by atoms with Crippen LogP contribution in [-0.2, 0) is 16.0 Å². The van der Waals surface area contributed by atoms with Gasteiger partial charge in [-0.05, 0) is 113 Å². The summed E-state index contributed by atoms with van der Waals surface area (Å²) >= 11 is 0. The molecule has 158 valence electrons. The molecule has 1 aromatic carbocycles. The molecule has 3 fully saturated rings. The van der Waals surface area contributed by atoms with Crippen LogP contribution in [0.25, 0.3) is 0 Å². The second kappa shape index (κ2) is 6.25. The predicted octanol–water partition coefficient (Wildman–Crippen LogP) is 5.96. The summed E-state index contributed by atoms with van der Waals surface area (Å²) in [6, 6.07) is 4.69. The lowest BCUT2D eigenvalue weighted by molar-refractivity contribution is -0.206. The molecule has 1 aromatic rings. The Kier molecular flexibility index (Phi) is 4.19. The van der Waals surface area contributed by atoms with Crippen molar-refractivity contribution >= 4 is 5.97 Å². The molecule has 0 amide bonds. The summed E-state index contributed by atoms with van der Waals surface area (Å²) in [6.45, 7) is 8.72. The van der Waals surface area contributed by atoms with E-state index in [0.717, 1.165) is 37.4 Å². The molecule has 1 saturated heterocycles. The number of ether oxygens (including phenoxy) is 2. The van der Waals surface area contributed by atoms with Crippen LogP contribution in [0, 0.1) is 29.6 Å². The number of carbonyl (C=O) groups excluding carboxylic acids is 1. The van der Waals surface area contributed by atoms with Crippen LogP contribution in [0.3, 0.4) is 0 Å². The van der Waals surface area contributed by atoms with E-state index < -0.39 is 0 Å². The highest BCUT2D eigenvalue weighted by Crippen LogP contribution is 2.67. The Morgan fingerprint density at radius 2 is 1.83 bits per heavy atom. The highest BCUT2D eigenvalue weighted by atomic mass is 16.6. The summed E-state index contributed by atoms with van der Waals surface area (Å²) in [5.74, 6) is 3.11. The number of rotatable bonds is 1. The highest BCUT2D eigenvalue weighted by molar-refractivity contribution is 5.77. The summed E-state index contributed by atoms with van der Waals surface area (Å²) in [4.78, 5) is 12.8. The van der Waals surface area contributed by atoms with Crippen molar-refractivity contribution in [3.05, 3.63) is 28.8 Å². The van der Waals surface area contributed by atoms with Gasteiger partial charge >= 0.3 is 5.97 Å². The molecule has 2 saturated carbocycles. The maximum Gasteiger partial charge on any atom is 0.312 e. The van der Waals surface area contributed by atoms with E-state index in [1.54, 1.807) is 12.7 Å². The van der Waals surface area contributed by atoms with Gasteiger partial charge in [0.2, 0.25) is 0 Å². The Morgan fingerprint density at radius 3 is 2.55 bits per heavy atom. The minimum absolute atomic E-state index is 0.0319. The first kappa shape index (κ1) is 19.5. The van der Waals surface area contributed by atoms with Crippen molar-refractivity contribution in [2.24, 2.45) is 22.7 Å². The van der Waals surface area contributed by atoms with E-state index in [9.17, 15) is 4.79 Å². The molecular formula is C26H36O3. The van der Waals surface area contributed by atoms with Crippen molar-refractivity contribution in [3.8, 4) is 5.75 Å². The largest absolute Gasteiger partial charge is 0.496 e. The molecular weight excluding hydrogens is 360 g/mol. The summed E-state index contributed by atoms with van der Waals surface area (Å²) < 4.78 is 12.0. The summed E-state index contributed by atoms with van der Waals surface area (Å²) in [5.41, 5.74) is 3.92. The van der Waals surface area contributed by atoms with Crippen molar-refractivity contribution in [1.82, 2.24) is 0 Å². The monoisotopic (exact) mass is 396 g/mol. The smallest absolute Gasteiger partial charge is 0.312 e. The van der Waals surface area contributed by atoms with Gasteiger partial charge in [0.1, 0.15) is 11.4 Å². The average Bonchev–Trinajstić information content (AvgIpc) is 2.97. The van der Waals surface area contributed by atoms with Crippen molar-refractivity contribution in [2.45, 2.75) is 90.6 Å². The van der Waals surface area contributed by atoms with Gasteiger partial charge in [0.05, 0.1) is 12.5 Å². The Morgan fingerprint density at radius 1 is 1.03 bits per heavy atom. The first-order chi connectivity index (χ1) is 13.7. The van der Waals surface area contributed by atoms with Gasteiger partial charge in [0.25, 0.3) is 0 Å². The number of methoxy groups -OCH3 is 1. The van der Waals surface area contributed by atoms with Gasteiger partial charge in [-0.1, -0.05) is 13.0 Å². The predicted molar refractivity (Wildman–Crippen MR) is 114 cm³/mol. The maximum absolute atomic E-state index is 12.8. The summed E-state index contributed by atoms with van der Waals surface area (Å²) in [7, 11) is 1.77. The normalized spacial score (nSPS) is 40.0. The third-order valence-electron chi connectivity index (χ3n) is 9.52. The molecule has 1 spiro atoms. The van der Waals surface area contributed by atoms with Crippen molar-refractivity contribution in [2.75, 3.05) is 7.11 Å². The van der Waals surface area contributed by atoms with E-state index in [-0.39, 0.29) is 22.4 Å². The third kappa shape index (κ3) is 2.58. The van der Waals surface area contributed by atoms with Crippen molar-refractivity contribution in [1.29, 1.82) is 0 Å². The molecule has 29 heavy (non-hydrogen) atoms. The number of hydrogen-bond donors (Lipinski definition) is 0. The van der Waals surface area contributed by atoms with Gasteiger partial charge in [0, 0.05) is 5.41 Å². The SMILES string of the molecule is COc1cc2c(cc1C)C1CCC3(C)C(CC[C@@]34CCC(C)(C)C(=O)O4)C1CC2. The molecule has 0 N–H and O–H groups in total. The molecule has 3 nitrogen and oxygen atoms in total. The first-order valence-electron chi connectivity index (χ1n) is 11.6. The first-order valence-corrected chi connectivity index (χ1v) is 11.6. The number of benzene rings is 1. The lowest BCUT2D eigenvalue weighted by Crippen LogP contribution is -2.56. The number of carbonyl (C=O) groups is 1. The lowest BCUT2D eigenvalue weighted by atomic mass is 9.52. The number of fused-ring (bicyclic) bond motifs is 6. The molecule has 0 radical (unpaired) electrons. The fourth-order valence-electron chi connectivity index (χ4n) is 7.59. The molecule has 0 bridgehead atoms. The zero-order valence-electron chi connectivity index (χ0n) is 18.8. The Hall–Kier alpha value is -1.51. The Bertz CT molecular complexity index is 856. The number of hydrogen-bond acceptors (Lipinski definition) is 3. The fourth-order valence-corrected chi connectivity index (χ4v) is 7.59. The molecule has 0 aromatic heterocycles. The minimum Gasteiger partial charge on any atom is -0.496 e. The van der Waals surface area contributed by atoms with Gasteiger partial charge in [0.15, 0.2) is 0 Å². The van der Waals surface area contributed by atoms with E-state index >= 15 is 0 Å². The van der Waals surface area contributed by atoms with E-state index in [1.807, 2.05) is 13.8 Å². The topological polar surface area (TPSA) is 35.5 Å². The zero-order chi connectivity index (χ0) is 20.6.